The average molecular weight is 344 g/mol. The lowest BCUT2D eigenvalue weighted by atomic mass is 10.2. The predicted octanol–water partition coefficient (Wildman–Crippen LogP) is 3.92. The molecular formula is C19H16N6O. The van der Waals surface area contributed by atoms with Gasteiger partial charge in [0, 0.05) is 23.3 Å². The van der Waals surface area contributed by atoms with Crippen LogP contribution in [0, 0.1) is 0 Å². The normalized spacial score (nSPS) is 10.5. The molecule has 7 heteroatoms. The van der Waals surface area contributed by atoms with Crippen LogP contribution in [0.4, 0.5) is 23.1 Å². The van der Waals surface area contributed by atoms with E-state index in [1.165, 1.54) is 0 Å². The van der Waals surface area contributed by atoms with Gasteiger partial charge < -0.3 is 15.4 Å². The Morgan fingerprint density at radius 2 is 1.85 bits per heavy atom. The highest BCUT2D eigenvalue weighted by molar-refractivity contribution is 5.91. The van der Waals surface area contributed by atoms with Crippen LogP contribution in [0.1, 0.15) is 0 Å². The second-order valence-electron chi connectivity index (χ2n) is 5.53. The maximum atomic E-state index is 5.23. The molecule has 0 bridgehead atoms. The number of benzene rings is 2. The molecule has 2 N–H and O–H groups in total. The van der Waals surface area contributed by atoms with Crippen LogP contribution in [0.3, 0.4) is 0 Å². The number of ether oxygens (including phenoxy) is 1. The van der Waals surface area contributed by atoms with E-state index < -0.39 is 0 Å². The van der Waals surface area contributed by atoms with Gasteiger partial charge in [0.15, 0.2) is 5.82 Å². The highest BCUT2D eigenvalue weighted by Gasteiger charge is 2.06. The molecule has 4 rings (SSSR count). The fraction of sp³-hybridized carbons (Fsp3) is 0.0526. The Labute approximate surface area is 150 Å². The van der Waals surface area contributed by atoms with Crippen molar-refractivity contribution >= 4 is 34.0 Å². The first-order chi connectivity index (χ1) is 12.8. The Morgan fingerprint density at radius 1 is 0.962 bits per heavy atom. The van der Waals surface area contributed by atoms with E-state index >= 15 is 0 Å². The van der Waals surface area contributed by atoms with Crippen LogP contribution >= 0.6 is 0 Å². The number of hydrogen-bond donors (Lipinski definition) is 2. The summed E-state index contributed by atoms with van der Waals surface area (Å²) in [7, 11) is 1.63. The lowest BCUT2D eigenvalue weighted by molar-refractivity contribution is 0.415. The number of hydrogen-bond acceptors (Lipinski definition) is 7. The van der Waals surface area contributed by atoms with Gasteiger partial charge in [0.25, 0.3) is 0 Å². The molecule has 0 aliphatic rings. The van der Waals surface area contributed by atoms with Gasteiger partial charge in [-0.1, -0.05) is 24.3 Å². The SMILES string of the molecule is COc1cccc(Nc2cnnc(Nc3cccc4cccnc34)n2)c1. The quantitative estimate of drug-likeness (QED) is 0.567. The van der Waals surface area contributed by atoms with Gasteiger partial charge in [-0.2, -0.15) is 10.1 Å². The van der Waals surface area contributed by atoms with Crippen molar-refractivity contribution in [1.82, 2.24) is 20.2 Å². The van der Waals surface area contributed by atoms with Crippen molar-refractivity contribution in [1.29, 1.82) is 0 Å². The Balaban J connectivity index is 1.59. The third-order valence-electron chi connectivity index (χ3n) is 3.78. The molecule has 0 saturated carbocycles. The number of methoxy groups -OCH3 is 1. The van der Waals surface area contributed by atoms with Gasteiger partial charge in [-0.3, -0.25) is 4.98 Å². The van der Waals surface area contributed by atoms with Crippen molar-refractivity contribution in [2.75, 3.05) is 17.7 Å². The van der Waals surface area contributed by atoms with Gasteiger partial charge in [0.05, 0.1) is 24.5 Å². The number of para-hydroxylation sites is 1. The van der Waals surface area contributed by atoms with Crippen LogP contribution in [0.15, 0.2) is 67.0 Å². The minimum Gasteiger partial charge on any atom is -0.497 e. The molecule has 0 fully saturated rings. The summed E-state index contributed by atoms with van der Waals surface area (Å²) in [5, 5.41) is 15.5. The zero-order valence-electron chi connectivity index (χ0n) is 14.0. The van der Waals surface area contributed by atoms with Gasteiger partial charge in [-0.05, 0) is 24.3 Å². The number of fused-ring (bicyclic) bond motifs is 1. The molecule has 2 aromatic heterocycles. The highest BCUT2D eigenvalue weighted by atomic mass is 16.5. The van der Waals surface area contributed by atoms with Crippen molar-refractivity contribution in [2.45, 2.75) is 0 Å². The van der Waals surface area contributed by atoms with Crippen LogP contribution in [-0.2, 0) is 0 Å². The molecule has 2 heterocycles. The van der Waals surface area contributed by atoms with E-state index in [2.05, 4.69) is 30.8 Å². The molecule has 26 heavy (non-hydrogen) atoms. The minimum absolute atomic E-state index is 0.385. The fourth-order valence-corrected chi connectivity index (χ4v) is 2.59. The number of pyridine rings is 1. The Morgan fingerprint density at radius 3 is 2.77 bits per heavy atom. The molecule has 0 aliphatic carbocycles. The number of rotatable bonds is 5. The van der Waals surface area contributed by atoms with E-state index in [-0.39, 0.29) is 0 Å². The zero-order valence-corrected chi connectivity index (χ0v) is 14.0. The van der Waals surface area contributed by atoms with E-state index in [0.717, 1.165) is 28.0 Å². The maximum absolute atomic E-state index is 5.23. The molecule has 4 aromatic rings. The summed E-state index contributed by atoms with van der Waals surface area (Å²) >= 11 is 0. The molecule has 128 valence electrons. The molecule has 0 radical (unpaired) electrons. The molecule has 0 spiro atoms. The van der Waals surface area contributed by atoms with Crippen LogP contribution < -0.4 is 15.4 Å². The Kier molecular flexibility index (Phi) is 4.26. The standard InChI is InChI=1S/C19H16N6O/c1-26-15-8-3-7-14(11-15)22-17-12-21-25-19(24-17)23-16-9-2-5-13-6-4-10-20-18(13)16/h2-12H,1H3,(H2,22,23,24,25). The van der Waals surface area contributed by atoms with Crippen molar-refractivity contribution in [2.24, 2.45) is 0 Å². The largest absolute Gasteiger partial charge is 0.497 e. The summed E-state index contributed by atoms with van der Waals surface area (Å²) in [5.41, 5.74) is 2.52. The lowest BCUT2D eigenvalue weighted by Gasteiger charge is -2.09. The summed E-state index contributed by atoms with van der Waals surface area (Å²) in [5.74, 6) is 1.72. The van der Waals surface area contributed by atoms with Gasteiger partial charge >= 0.3 is 0 Å². The molecule has 0 amide bonds. The molecule has 0 atom stereocenters. The maximum Gasteiger partial charge on any atom is 0.249 e. The number of nitrogens with one attached hydrogen (secondary N) is 2. The summed E-state index contributed by atoms with van der Waals surface area (Å²) in [6.07, 6.45) is 3.32. The number of nitrogens with zero attached hydrogens (tertiary/aromatic N) is 4. The van der Waals surface area contributed by atoms with Crippen LogP contribution in [-0.4, -0.2) is 27.3 Å². The summed E-state index contributed by atoms with van der Waals surface area (Å²) in [6.45, 7) is 0. The smallest absolute Gasteiger partial charge is 0.249 e. The van der Waals surface area contributed by atoms with Crippen molar-refractivity contribution in [3.63, 3.8) is 0 Å². The van der Waals surface area contributed by atoms with Crippen molar-refractivity contribution in [3.05, 3.63) is 67.0 Å². The summed E-state index contributed by atoms with van der Waals surface area (Å²) in [4.78, 5) is 8.88. The van der Waals surface area contributed by atoms with E-state index in [9.17, 15) is 0 Å². The van der Waals surface area contributed by atoms with E-state index in [4.69, 9.17) is 4.74 Å². The van der Waals surface area contributed by atoms with Gasteiger partial charge in [0.1, 0.15) is 5.75 Å². The monoisotopic (exact) mass is 344 g/mol. The average Bonchev–Trinajstić information content (AvgIpc) is 2.69. The van der Waals surface area contributed by atoms with E-state index in [1.807, 2.05) is 54.6 Å². The second-order valence-corrected chi connectivity index (χ2v) is 5.53. The lowest BCUT2D eigenvalue weighted by Crippen LogP contribution is -2.03. The van der Waals surface area contributed by atoms with E-state index in [0.29, 0.717) is 11.8 Å². The predicted molar refractivity (Wildman–Crippen MR) is 101 cm³/mol. The van der Waals surface area contributed by atoms with Crippen LogP contribution in [0.2, 0.25) is 0 Å². The summed E-state index contributed by atoms with van der Waals surface area (Å²) in [6, 6.07) is 17.4. The van der Waals surface area contributed by atoms with Gasteiger partial charge in [-0.25, -0.2) is 0 Å². The fourth-order valence-electron chi connectivity index (χ4n) is 2.59. The number of anilines is 4. The Hall–Kier alpha value is -3.74. The molecule has 0 unspecified atom stereocenters. The molecule has 7 nitrogen and oxygen atoms in total. The molecule has 2 aromatic carbocycles. The van der Waals surface area contributed by atoms with E-state index in [1.54, 1.807) is 19.5 Å². The molecular weight excluding hydrogens is 328 g/mol. The van der Waals surface area contributed by atoms with Crippen LogP contribution in [0.25, 0.3) is 10.9 Å². The first-order valence-corrected chi connectivity index (χ1v) is 8.03. The molecule has 0 aliphatic heterocycles. The van der Waals surface area contributed by atoms with Crippen LogP contribution in [0.5, 0.6) is 5.75 Å². The third-order valence-corrected chi connectivity index (χ3v) is 3.78. The van der Waals surface area contributed by atoms with Gasteiger partial charge in [0.2, 0.25) is 5.95 Å². The highest BCUT2D eigenvalue weighted by Crippen LogP contribution is 2.24. The first-order valence-electron chi connectivity index (χ1n) is 8.03. The molecule has 0 saturated heterocycles. The zero-order chi connectivity index (χ0) is 17.8. The Bertz CT molecular complexity index is 1050. The second kappa shape index (κ2) is 7.02. The van der Waals surface area contributed by atoms with Gasteiger partial charge in [-0.15, -0.1) is 5.10 Å². The first kappa shape index (κ1) is 15.8. The summed E-state index contributed by atoms with van der Waals surface area (Å²) < 4.78 is 5.23. The minimum atomic E-state index is 0.385. The van der Waals surface area contributed by atoms with Crippen molar-refractivity contribution < 1.29 is 4.74 Å². The van der Waals surface area contributed by atoms with Crippen molar-refractivity contribution in [3.8, 4) is 5.75 Å². The third kappa shape index (κ3) is 3.36. The number of aromatic nitrogens is 4. The topological polar surface area (TPSA) is 84.9 Å².